The van der Waals surface area contributed by atoms with Crippen molar-refractivity contribution < 1.29 is 14.6 Å². The van der Waals surface area contributed by atoms with Gasteiger partial charge in [-0.25, -0.2) is 4.79 Å². The Balaban J connectivity index is 1.87. The molecule has 3 N–H and O–H groups in total. The van der Waals surface area contributed by atoms with Crippen LogP contribution < -0.4 is 15.4 Å². The minimum Gasteiger partial charge on any atom is -0.496 e. The summed E-state index contributed by atoms with van der Waals surface area (Å²) in [5, 5.41) is 15.3. The highest BCUT2D eigenvalue weighted by Gasteiger charge is 2.42. The van der Waals surface area contributed by atoms with Gasteiger partial charge < -0.3 is 20.5 Å². The fourth-order valence-corrected chi connectivity index (χ4v) is 2.72. The molecule has 1 saturated carbocycles. The van der Waals surface area contributed by atoms with E-state index in [4.69, 9.17) is 4.74 Å². The maximum Gasteiger partial charge on any atom is 0.315 e. The van der Waals surface area contributed by atoms with Crippen LogP contribution in [0.1, 0.15) is 38.2 Å². The smallest absolute Gasteiger partial charge is 0.315 e. The second-order valence-corrected chi connectivity index (χ2v) is 6.33. The van der Waals surface area contributed by atoms with Crippen LogP contribution in [0.5, 0.6) is 5.75 Å². The Kier molecular flexibility index (Phi) is 5.29. The number of ether oxygens (including phenoxy) is 1. The van der Waals surface area contributed by atoms with Crippen molar-refractivity contribution in [3.8, 4) is 5.75 Å². The lowest BCUT2D eigenvalue weighted by molar-refractivity contribution is 0.155. The number of rotatable bonds is 7. The number of hydrogen-bond acceptors (Lipinski definition) is 3. The molecule has 2 amide bonds. The molecule has 0 radical (unpaired) electrons. The molecule has 2 rings (SSSR count). The van der Waals surface area contributed by atoms with Crippen LogP contribution in [0, 0.1) is 5.92 Å². The SMILES string of the molecule is COc1ccccc1C(C)CNC(=O)NC(C)(CO)C1CC1. The first-order valence-electron chi connectivity index (χ1n) is 7.80. The molecule has 0 saturated heterocycles. The van der Waals surface area contributed by atoms with E-state index in [1.54, 1.807) is 7.11 Å². The summed E-state index contributed by atoms with van der Waals surface area (Å²) in [6.45, 7) is 4.42. The lowest BCUT2D eigenvalue weighted by Gasteiger charge is -2.29. The van der Waals surface area contributed by atoms with E-state index < -0.39 is 5.54 Å². The first-order chi connectivity index (χ1) is 10.5. The second kappa shape index (κ2) is 7.01. The zero-order valence-corrected chi connectivity index (χ0v) is 13.6. The van der Waals surface area contributed by atoms with E-state index in [0.717, 1.165) is 24.2 Å². The Morgan fingerprint density at radius 2 is 2.14 bits per heavy atom. The number of para-hydroxylation sites is 1. The predicted octanol–water partition coefficient (Wildman–Crippen LogP) is 2.26. The highest BCUT2D eigenvalue weighted by atomic mass is 16.5. The quantitative estimate of drug-likeness (QED) is 0.723. The second-order valence-electron chi connectivity index (χ2n) is 6.33. The van der Waals surface area contributed by atoms with Gasteiger partial charge in [-0.2, -0.15) is 0 Å². The van der Waals surface area contributed by atoms with Crippen molar-refractivity contribution in [1.29, 1.82) is 0 Å². The normalized spacial score (nSPS) is 18.2. The topological polar surface area (TPSA) is 70.6 Å². The largest absolute Gasteiger partial charge is 0.496 e. The van der Waals surface area contributed by atoms with Crippen molar-refractivity contribution in [2.45, 2.75) is 38.1 Å². The van der Waals surface area contributed by atoms with Gasteiger partial charge in [0.05, 0.1) is 19.3 Å². The summed E-state index contributed by atoms with van der Waals surface area (Å²) in [4.78, 5) is 12.1. The average molecular weight is 306 g/mol. The highest BCUT2D eigenvalue weighted by molar-refractivity contribution is 5.75. The molecule has 5 heteroatoms. The number of carbonyl (C=O) groups is 1. The van der Waals surface area contributed by atoms with Gasteiger partial charge in [0.25, 0.3) is 0 Å². The summed E-state index contributed by atoms with van der Waals surface area (Å²) in [6, 6.07) is 7.58. The Morgan fingerprint density at radius 1 is 1.45 bits per heavy atom. The van der Waals surface area contributed by atoms with Crippen LogP contribution in [-0.2, 0) is 0 Å². The van der Waals surface area contributed by atoms with E-state index in [1.807, 2.05) is 38.1 Å². The molecule has 1 aliphatic carbocycles. The van der Waals surface area contributed by atoms with Gasteiger partial charge in [0.15, 0.2) is 0 Å². The highest BCUT2D eigenvalue weighted by Crippen LogP contribution is 2.39. The summed E-state index contributed by atoms with van der Waals surface area (Å²) in [5.74, 6) is 1.36. The van der Waals surface area contributed by atoms with E-state index >= 15 is 0 Å². The molecule has 22 heavy (non-hydrogen) atoms. The molecule has 1 aromatic carbocycles. The Labute approximate surface area is 132 Å². The fraction of sp³-hybridized carbons (Fsp3) is 0.588. The molecule has 1 fully saturated rings. The van der Waals surface area contributed by atoms with Crippen molar-refractivity contribution in [3.05, 3.63) is 29.8 Å². The molecular formula is C17H26N2O3. The molecule has 122 valence electrons. The molecule has 2 atom stereocenters. The number of nitrogens with one attached hydrogen (secondary N) is 2. The Hall–Kier alpha value is -1.75. The molecule has 2 unspecified atom stereocenters. The number of hydrogen-bond donors (Lipinski definition) is 3. The van der Waals surface area contributed by atoms with Crippen LogP contribution in [0.4, 0.5) is 4.79 Å². The fourth-order valence-electron chi connectivity index (χ4n) is 2.72. The number of urea groups is 1. The lowest BCUT2D eigenvalue weighted by Crippen LogP contribution is -2.54. The van der Waals surface area contributed by atoms with Crippen LogP contribution in [0.15, 0.2) is 24.3 Å². The molecule has 0 heterocycles. The Bertz CT molecular complexity index is 516. The maximum atomic E-state index is 12.1. The zero-order chi connectivity index (χ0) is 16.2. The van der Waals surface area contributed by atoms with E-state index in [9.17, 15) is 9.90 Å². The molecule has 0 aromatic heterocycles. The van der Waals surface area contributed by atoms with Gasteiger partial charge in [-0.05, 0) is 37.3 Å². The molecule has 0 bridgehead atoms. The Morgan fingerprint density at radius 3 is 2.73 bits per heavy atom. The molecule has 1 aromatic rings. The third-order valence-corrected chi connectivity index (χ3v) is 4.44. The van der Waals surface area contributed by atoms with Crippen LogP contribution in [0.2, 0.25) is 0 Å². The van der Waals surface area contributed by atoms with Crippen molar-refractivity contribution in [3.63, 3.8) is 0 Å². The number of benzene rings is 1. The van der Waals surface area contributed by atoms with Gasteiger partial charge in [-0.1, -0.05) is 25.1 Å². The number of amides is 2. The van der Waals surface area contributed by atoms with E-state index in [1.165, 1.54) is 0 Å². The summed E-state index contributed by atoms with van der Waals surface area (Å²) in [7, 11) is 1.65. The van der Waals surface area contributed by atoms with Gasteiger partial charge in [0.1, 0.15) is 5.75 Å². The summed E-state index contributed by atoms with van der Waals surface area (Å²) >= 11 is 0. The van der Waals surface area contributed by atoms with Crippen LogP contribution in [-0.4, -0.2) is 36.9 Å². The number of aliphatic hydroxyl groups excluding tert-OH is 1. The maximum absolute atomic E-state index is 12.1. The number of methoxy groups -OCH3 is 1. The predicted molar refractivity (Wildman–Crippen MR) is 86.2 cm³/mol. The van der Waals surface area contributed by atoms with Gasteiger partial charge >= 0.3 is 6.03 Å². The summed E-state index contributed by atoms with van der Waals surface area (Å²) < 4.78 is 5.35. The first-order valence-corrected chi connectivity index (χ1v) is 7.80. The van der Waals surface area contributed by atoms with Gasteiger partial charge in [-0.15, -0.1) is 0 Å². The summed E-state index contributed by atoms with van der Waals surface area (Å²) in [5.41, 5.74) is 0.551. The van der Waals surface area contributed by atoms with E-state index in [2.05, 4.69) is 10.6 Å². The summed E-state index contributed by atoms with van der Waals surface area (Å²) in [6.07, 6.45) is 2.13. The first kappa shape index (κ1) is 16.6. The van der Waals surface area contributed by atoms with Gasteiger partial charge in [0, 0.05) is 12.5 Å². The molecule has 1 aliphatic rings. The van der Waals surface area contributed by atoms with Crippen LogP contribution in [0.25, 0.3) is 0 Å². The van der Waals surface area contributed by atoms with E-state index in [0.29, 0.717) is 12.5 Å². The van der Waals surface area contributed by atoms with Crippen LogP contribution in [0.3, 0.4) is 0 Å². The van der Waals surface area contributed by atoms with Gasteiger partial charge in [-0.3, -0.25) is 0 Å². The molecular weight excluding hydrogens is 280 g/mol. The average Bonchev–Trinajstić information content (AvgIpc) is 3.37. The third kappa shape index (κ3) is 3.91. The van der Waals surface area contributed by atoms with Crippen molar-refractivity contribution in [1.82, 2.24) is 10.6 Å². The molecule has 0 aliphatic heterocycles. The standard InChI is InChI=1S/C17H26N2O3/c1-12(14-6-4-5-7-15(14)22-3)10-18-16(21)19-17(2,11-20)13-8-9-13/h4-7,12-13,20H,8-11H2,1-3H3,(H2,18,19,21). The zero-order valence-electron chi connectivity index (χ0n) is 13.6. The van der Waals surface area contributed by atoms with E-state index in [-0.39, 0.29) is 18.6 Å². The van der Waals surface area contributed by atoms with Crippen molar-refractivity contribution in [2.24, 2.45) is 5.92 Å². The van der Waals surface area contributed by atoms with Crippen molar-refractivity contribution in [2.75, 3.05) is 20.3 Å². The van der Waals surface area contributed by atoms with Crippen LogP contribution >= 0.6 is 0 Å². The number of carbonyl (C=O) groups excluding carboxylic acids is 1. The minimum atomic E-state index is -0.516. The lowest BCUT2D eigenvalue weighted by atomic mass is 9.97. The number of aliphatic hydroxyl groups is 1. The monoisotopic (exact) mass is 306 g/mol. The molecule has 0 spiro atoms. The minimum absolute atomic E-state index is 0.0346. The van der Waals surface area contributed by atoms with Gasteiger partial charge in [0.2, 0.25) is 0 Å². The molecule has 5 nitrogen and oxygen atoms in total. The van der Waals surface area contributed by atoms with Crippen molar-refractivity contribution >= 4 is 6.03 Å². The third-order valence-electron chi connectivity index (χ3n) is 4.44.